The highest BCUT2D eigenvalue weighted by molar-refractivity contribution is 7.45. The summed E-state index contributed by atoms with van der Waals surface area (Å²) >= 11 is 0. The number of nitrogens with zero attached hydrogens (tertiary/aromatic N) is 1. The van der Waals surface area contributed by atoms with Crippen LogP contribution in [0.3, 0.4) is 0 Å². The number of amides is 1. The van der Waals surface area contributed by atoms with Gasteiger partial charge in [-0.05, 0) is 64.2 Å². The maximum Gasteiger partial charge on any atom is 0.268 e. The Balaban J connectivity index is 3.98. The van der Waals surface area contributed by atoms with Gasteiger partial charge in [0.25, 0.3) is 7.82 Å². The van der Waals surface area contributed by atoms with Crippen LogP contribution in [0.4, 0.5) is 0 Å². The average Bonchev–Trinajstić information content (AvgIpc) is 3.57. The Morgan fingerprint density at radius 3 is 1.00 bits per heavy atom. The van der Waals surface area contributed by atoms with E-state index in [2.05, 4.69) is 79.9 Å². The van der Waals surface area contributed by atoms with Gasteiger partial charge in [-0.1, -0.05) is 382 Å². The third-order valence-electron chi connectivity index (χ3n) is 17.7. The van der Waals surface area contributed by atoms with Crippen LogP contribution in [-0.2, 0) is 18.4 Å². The first-order valence-corrected chi connectivity index (χ1v) is 40.3. The van der Waals surface area contributed by atoms with Crippen molar-refractivity contribution in [3.8, 4) is 0 Å². The van der Waals surface area contributed by atoms with Gasteiger partial charge in [-0.3, -0.25) is 9.36 Å². The van der Waals surface area contributed by atoms with Crippen molar-refractivity contribution in [1.29, 1.82) is 0 Å². The minimum atomic E-state index is -4.61. The Labute approximate surface area is 554 Å². The molecule has 0 aliphatic rings. The lowest BCUT2D eigenvalue weighted by atomic mass is 10.0. The standard InChI is InChI=1S/C80H151N2O6P/c1-6-8-10-12-14-16-18-20-22-24-26-28-30-32-34-36-38-39-40-41-42-43-44-46-48-50-52-54-56-58-60-62-64-66-68-70-72-74-80(84)81-78(77-88-89(85,86)87-76-75-82(3,4)5)79(83)73-71-69-67-65-63-61-59-57-55-53-51-49-47-45-37-35-33-31-29-27-25-23-21-19-17-15-13-11-9-7-2/h8,10,14,16,20,22,26,28,32,34,71,73,78-79,83H,6-7,9,11-13,15,17-19,21,23-25,27,29-31,33,35-70,72,74-77H2,1-5H3,(H-,81,84,85,86)/b10-8-,16-14-,22-20-,28-26-,34-32-,73-71+. The van der Waals surface area contributed by atoms with Crippen LogP contribution in [0.1, 0.15) is 380 Å². The quantitative estimate of drug-likeness (QED) is 0.0272. The molecule has 0 aromatic heterocycles. The molecule has 0 spiro atoms. The van der Waals surface area contributed by atoms with E-state index in [0.29, 0.717) is 17.4 Å². The van der Waals surface area contributed by atoms with Gasteiger partial charge in [0.2, 0.25) is 5.91 Å². The highest BCUT2D eigenvalue weighted by Gasteiger charge is 2.23. The molecule has 8 nitrogen and oxygen atoms in total. The monoisotopic (exact) mass is 1270 g/mol. The van der Waals surface area contributed by atoms with Crippen molar-refractivity contribution < 1.29 is 32.9 Å². The SMILES string of the molecule is CC/C=C\C/C=C\C/C=C\C/C=C\C/C=C\CCCCCCCCCCCCCCCCCCCCCCCC(=O)NC(COP(=O)([O-])OCC[N+](C)(C)C)C(O)/C=C/CCCCCCCCCCCCCCCCCCCCCCCCCCCCCC. The van der Waals surface area contributed by atoms with E-state index in [4.69, 9.17) is 9.05 Å². The van der Waals surface area contributed by atoms with E-state index in [1.165, 1.54) is 289 Å². The van der Waals surface area contributed by atoms with Gasteiger partial charge in [-0.25, -0.2) is 0 Å². The summed E-state index contributed by atoms with van der Waals surface area (Å²) in [6.07, 6.45) is 99.1. The molecule has 0 aliphatic carbocycles. The minimum Gasteiger partial charge on any atom is -0.756 e. The molecule has 3 unspecified atom stereocenters. The van der Waals surface area contributed by atoms with Gasteiger partial charge in [0.1, 0.15) is 13.2 Å². The molecule has 0 bridgehead atoms. The Morgan fingerprint density at radius 1 is 0.404 bits per heavy atom. The number of rotatable bonds is 72. The molecule has 0 heterocycles. The molecule has 1 amide bonds. The van der Waals surface area contributed by atoms with Crippen LogP contribution in [-0.4, -0.2) is 68.5 Å². The molecule has 2 N–H and O–H groups in total. The summed E-state index contributed by atoms with van der Waals surface area (Å²) in [7, 11) is 1.28. The van der Waals surface area contributed by atoms with Crippen LogP contribution >= 0.6 is 7.82 Å². The second kappa shape index (κ2) is 70.3. The summed E-state index contributed by atoms with van der Waals surface area (Å²) < 4.78 is 23.5. The zero-order chi connectivity index (χ0) is 64.8. The van der Waals surface area contributed by atoms with E-state index in [9.17, 15) is 19.4 Å². The van der Waals surface area contributed by atoms with Gasteiger partial charge in [-0.2, -0.15) is 0 Å². The van der Waals surface area contributed by atoms with Crippen LogP contribution < -0.4 is 10.2 Å². The molecule has 3 atom stereocenters. The fraction of sp³-hybridized carbons (Fsp3) is 0.838. The van der Waals surface area contributed by atoms with E-state index in [0.717, 1.165) is 70.6 Å². The zero-order valence-electron chi connectivity index (χ0n) is 59.9. The maximum atomic E-state index is 13.1. The molecule has 522 valence electrons. The largest absolute Gasteiger partial charge is 0.756 e. The molecule has 89 heavy (non-hydrogen) atoms. The van der Waals surface area contributed by atoms with E-state index >= 15 is 0 Å². The lowest BCUT2D eigenvalue weighted by molar-refractivity contribution is -0.870. The smallest absolute Gasteiger partial charge is 0.268 e. The highest BCUT2D eigenvalue weighted by atomic mass is 31.2. The average molecular weight is 1270 g/mol. The fourth-order valence-corrected chi connectivity index (χ4v) is 12.4. The van der Waals surface area contributed by atoms with Crippen LogP contribution in [0.25, 0.3) is 0 Å². The van der Waals surface area contributed by atoms with Gasteiger partial charge in [0.15, 0.2) is 0 Å². The summed E-state index contributed by atoms with van der Waals surface area (Å²) in [6.45, 7) is 4.59. The Bertz CT molecular complexity index is 1680. The fourth-order valence-electron chi connectivity index (χ4n) is 11.7. The summed E-state index contributed by atoms with van der Waals surface area (Å²) in [5.41, 5.74) is 0. The van der Waals surface area contributed by atoms with Crippen LogP contribution in [0.5, 0.6) is 0 Å². The molecule has 0 radical (unpaired) electrons. The number of phosphoric acid groups is 1. The van der Waals surface area contributed by atoms with Crippen molar-refractivity contribution >= 4 is 13.7 Å². The molecule has 0 aromatic rings. The van der Waals surface area contributed by atoms with Crippen molar-refractivity contribution in [2.45, 2.75) is 392 Å². The maximum absolute atomic E-state index is 13.1. The number of likely N-dealkylation sites (N-methyl/N-ethyl adjacent to an activating group) is 1. The van der Waals surface area contributed by atoms with E-state index in [-0.39, 0.29) is 19.1 Å². The van der Waals surface area contributed by atoms with Crippen molar-refractivity contribution in [3.63, 3.8) is 0 Å². The number of hydrogen-bond donors (Lipinski definition) is 2. The zero-order valence-corrected chi connectivity index (χ0v) is 60.8. The van der Waals surface area contributed by atoms with Crippen molar-refractivity contribution in [2.75, 3.05) is 40.9 Å². The molecular weight excluding hydrogens is 1120 g/mol. The third-order valence-corrected chi connectivity index (χ3v) is 18.6. The molecule has 0 fully saturated rings. The summed E-state index contributed by atoms with van der Waals surface area (Å²) in [5.74, 6) is -0.191. The third kappa shape index (κ3) is 73.2. The molecule has 0 aromatic carbocycles. The molecule has 9 heteroatoms. The Morgan fingerprint density at radius 2 is 0.685 bits per heavy atom. The number of unbranched alkanes of at least 4 members (excludes halogenated alkanes) is 49. The van der Waals surface area contributed by atoms with Crippen molar-refractivity contribution in [3.05, 3.63) is 72.9 Å². The number of carbonyl (C=O) groups excluding carboxylic acids is 1. The first kappa shape index (κ1) is 86.9. The van der Waals surface area contributed by atoms with Gasteiger partial charge < -0.3 is 28.8 Å². The predicted octanol–water partition coefficient (Wildman–Crippen LogP) is 24.7. The minimum absolute atomic E-state index is 0.000327. The Kier molecular flexibility index (Phi) is 68.6. The van der Waals surface area contributed by atoms with E-state index in [1.54, 1.807) is 6.08 Å². The second-order valence-corrected chi connectivity index (χ2v) is 29.1. The first-order valence-electron chi connectivity index (χ1n) is 38.8. The second-order valence-electron chi connectivity index (χ2n) is 27.7. The van der Waals surface area contributed by atoms with E-state index < -0.39 is 20.0 Å². The summed E-state index contributed by atoms with van der Waals surface area (Å²) in [6, 6.07) is -0.889. The number of hydrogen-bond acceptors (Lipinski definition) is 6. The van der Waals surface area contributed by atoms with Crippen molar-refractivity contribution in [1.82, 2.24) is 5.32 Å². The number of phosphoric ester groups is 1. The predicted molar refractivity (Wildman–Crippen MR) is 390 cm³/mol. The van der Waals surface area contributed by atoms with Gasteiger partial charge in [0.05, 0.1) is 39.9 Å². The molecule has 0 aliphatic heterocycles. The first-order chi connectivity index (χ1) is 43.5. The topological polar surface area (TPSA) is 108 Å². The number of nitrogens with one attached hydrogen (secondary N) is 1. The molecule has 0 rings (SSSR count). The number of allylic oxidation sites excluding steroid dienone is 11. The summed E-state index contributed by atoms with van der Waals surface area (Å²) in [4.78, 5) is 25.7. The van der Waals surface area contributed by atoms with Crippen molar-refractivity contribution in [2.24, 2.45) is 0 Å². The molecular formula is C80H151N2O6P. The Hall–Kier alpha value is -2.06. The number of quaternary nitrogens is 1. The van der Waals surface area contributed by atoms with Gasteiger partial charge in [0, 0.05) is 6.42 Å². The van der Waals surface area contributed by atoms with Gasteiger partial charge in [-0.15, -0.1) is 0 Å². The van der Waals surface area contributed by atoms with Gasteiger partial charge >= 0.3 is 0 Å². The van der Waals surface area contributed by atoms with Crippen LogP contribution in [0.15, 0.2) is 72.9 Å². The lowest BCUT2D eigenvalue weighted by Crippen LogP contribution is -2.45. The van der Waals surface area contributed by atoms with E-state index in [1.807, 2.05) is 27.2 Å². The lowest BCUT2D eigenvalue weighted by Gasteiger charge is -2.29. The normalized spacial score (nSPS) is 13.9. The molecule has 0 saturated carbocycles. The highest BCUT2D eigenvalue weighted by Crippen LogP contribution is 2.38. The number of aliphatic hydroxyl groups excluding tert-OH is 1. The summed E-state index contributed by atoms with van der Waals surface area (Å²) in [5, 5.41) is 14.0. The van der Waals surface area contributed by atoms with Crippen LogP contribution in [0, 0.1) is 0 Å². The number of carbonyl (C=O) groups is 1. The number of aliphatic hydroxyl groups is 1. The molecule has 0 saturated heterocycles. The van der Waals surface area contributed by atoms with Crippen LogP contribution in [0.2, 0.25) is 0 Å².